The van der Waals surface area contributed by atoms with Crippen LogP contribution in [0.25, 0.3) is 0 Å². The molecule has 0 aliphatic carbocycles. The summed E-state index contributed by atoms with van der Waals surface area (Å²) in [5.74, 6) is -2.82. The lowest BCUT2D eigenvalue weighted by molar-refractivity contribution is -0.155. The van der Waals surface area contributed by atoms with Gasteiger partial charge in [0.05, 0.1) is 7.11 Å². The predicted octanol–water partition coefficient (Wildman–Crippen LogP) is 1.89. The van der Waals surface area contributed by atoms with Crippen LogP contribution in [0.5, 0.6) is 5.75 Å². The number of carbonyl (C=O) groups excluding carboxylic acids is 3. The number of nitrogens with zero attached hydrogens (tertiary/aromatic N) is 1. The van der Waals surface area contributed by atoms with Crippen molar-refractivity contribution in [1.29, 1.82) is 0 Å². The molecule has 1 heterocycles. The second-order valence-corrected chi connectivity index (χ2v) is 5.17. The molecule has 7 nitrogen and oxygen atoms in total. The summed E-state index contributed by atoms with van der Waals surface area (Å²) in [6.45, 7) is 2.69. The van der Waals surface area contributed by atoms with Gasteiger partial charge in [-0.05, 0) is 38.1 Å². The van der Waals surface area contributed by atoms with E-state index >= 15 is 0 Å². The normalized spacial score (nSPS) is 16.7. The molecule has 0 saturated heterocycles. The highest BCUT2D eigenvalue weighted by Crippen LogP contribution is 2.29. The third kappa shape index (κ3) is 3.01. The molecule has 1 N–H and O–H groups in total. The molecule has 24 heavy (non-hydrogen) atoms. The molecule has 0 atom stereocenters. The Bertz CT molecular complexity index is 773. The van der Waals surface area contributed by atoms with Crippen LogP contribution in [0.4, 0.5) is 5.69 Å². The van der Waals surface area contributed by atoms with E-state index in [4.69, 9.17) is 4.74 Å². The van der Waals surface area contributed by atoms with Gasteiger partial charge in [-0.15, -0.1) is 0 Å². The van der Waals surface area contributed by atoms with Crippen LogP contribution in [0.15, 0.2) is 46.9 Å². The monoisotopic (exact) mass is 331 g/mol. The molecular formula is C17H17NO6. The Morgan fingerprint density at radius 3 is 2.21 bits per heavy atom. The van der Waals surface area contributed by atoms with E-state index in [0.717, 1.165) is 6.92 Å². The van der Waals surface area contributed by atoms with Crippen LogP contribution in [0, 0.1) is 0 Å². The maximum atomic E-state index is 12.0. The van der Waals surface area contributed by atoms with E-state index in [0.29, 0.717) is 17.1 Å². The Kier molecular flexibility index (Phi) is 4.73. The summed E-state index contributed by atoms with van der Waals surface area (Å²) < 4.78 is 9.65. The number of ether oxygens (including phenoxy) is 2. The van der Waals surface area contributed by atoms with E-state index in [1.54, 1.807) is 50.2 Å². The van der Waals surface area contributed by atoms with Gasteiger partial charge in [-0.1, -0.05) is 0 Å². The smallest absolute Gasteiger partial charge is 0.353 e. The number of anilines is 1. The van der Waals surface area contributed by atoms with Crippen molar-refractivity contribution in [3.05, 3.63) is 46.9 Å². The van der Waals surface area contributed by atoms with Gasteiger partial charge < -0.3 is 19.5 Å². The molecule has 0 fully saturated rings. The maximum absolute atomic E-state index is 12.0. The molecule has 0 spiro atoms. The summed E-state index contributed by atoms with van der Waals surface area (Å²) in [5.41, 5.74) is 0.279. The Morgan fingerprint density at radius 2 is 1.71 bits per heavy atom. The van der Waals surface area contributed by atoms with Gasteiger partial charge in [-0.2, -0.15) is 0 Å². The minimum atomic E-state index is -1.14. The van der Waals surface area contributed by atoms with Crippen molar-refractivity contribution < 1.29 is 29.0 Å². The molecule has 7 heteroatoms. The SMILES string of the molecule is COc1ccc(N(C)/C(C)=C2\C(=O)OC(=O)C(C(C)=O)=C2O)cc1. The standard InChI is InChI=1S/C17H17NO6/c1-9(18(3)11-5-7-12(23-4)8-6-11)13-15(20)14(10(2)19)17(22)24-16(13)21/h5-8,20H,1-4H3/b13-9-. The minimum Gasteiger partial charge on any atom is -0.506 e. The number of ketones is 1. The molecule has 1 aromatic rings. The van der Waals surface area contributed by atoms with Crippen LogP contribution in [-0.2, 0) is 19.1 Å². The van der Waals surface area contributed by atoms with Crippen molar-refractivity contribution in [3.8, 4) is 5.75 Å². The van der Waals surface area contributed by atoms with Crippen LogP contribution in [-0.4, -0.2) is 37.0 Å². The van der Waals surface area contributed by atoms with Crippen LogP contribution >= 0.6 is 0 Å². The van der Waals surface area contributed by atoms with Gasteiger partial charge in [-0.25, -0.2) is 9.59 Å². The number of Topliss-reactive ketones (excluding diaryl/α,β-unsaturated/α-hetero) is 1. The summed E-state index contributed by atoms with van der Waals surface area (Å²) in [7, 11) is 3.22. The van der Waals surface area contributed by atoms with Gasteiger partial charge in [0.1, 0.15) is 22.7 Å². The number of allylic oxidation sites excluding steroid dienone is 1. The zero-order valence-corrected chi connectivity index (χ0v) is 13.7. The van der Waals surface area contributed by atoms with Crippen molar-refractivity contribution in [2.75, 3.05) is 19.1 Å². The lowest BCUT2D eigenvalue weighted by Crippen LogP contribution is -2.31. The zero-order chi connectivity index (χ0) is 18.0. The Balaban J connectivity index is 2.52. The number of esters is 2. The molecule has 0 bridgehead atoms. The van der Waals surface area contributed by atoms with E-state index in [1.807, 2.05) is 0 Å². The molecule has 0 unspecified atom stereocenters. The largest absolute Gasteiger partial charge is 0.506 e. The number of aliphatic hydroxyl groups excluding tert-OH is 1. The van der Waals surface area contributed by atoms with Crippen molar-refractivity contribution in [1.82, 2.24) is 0 Å². The highest BCUT2D eigenvalue weighted by atomic mass is 16.6. The summed E-state index contributed by atoms with van der Waals surface area (Å²) in [4.78, 5) is 36.8. The van der Waals surface area contributed by atoms with Crippen molar-refractivity contribution in [3.63, 3.8) is 0 Å². The second kappa shape index (κ2) is 6.57. The first kappa shape index (κ1) is 17.3. The number of carbonyl (C=O) groups is 3. The molecule has 0 radical (unpaired) electrons. The number of rotatable bonds is 4. The van der Waals surface area contributed by atoms with E-state index in [9.17, 15) is 19.5 Å². The first-order chi connectivity index (χ1) is 11.3. The van der Waals surface area contributed by atoms with Crippen molar-refractivity contribution in [2.45, 2.75) is 13.8 Å². The molecule has 0 amide bonds. The van der Waals surface area contributed by atoms with Crippen LogP contribution in [0.2, 0.25) is 0 Å². The fourth-order valence-electron chi connectivity index (χ4n) is 2.30. The number of aliphatic hydroxyl groups is 1. The first-order valence-corrected chi connectivity index (χ1v) is 7.07. The summed E-state index contributed by atoms with van der Waals surface area (Å²) >= 11 is 0. The Labute approximate surface area is 138 Å². The second-order valence-electron chi connectivity index (χ2n) is 5.17. The van der Waals surface area contributed by atoms with Gasteiger partial charge >= 0.3 is 11.9 Å². The van der Waals surface area contributed by atoms with Gasteiger partial charge in [0.25, 0.3) is 0 Å². The van der Waals surface area contributed by atoms with E-state index < -0.39 is 29.1 Å². The highest BCUT2D eigenvalue weighted by molar-refractivity contribution is 6.23. The molecule has 126 valence electrons. The lowest BCUT2D eigenvalue weighted by atomic mass is 10.0. The van der Waals surface area contributed by atoms with Gasteiger partial charge in [-0.3, -0.25) is 4.79 Å². The van der Waals surface area contributed by atoms with Crippen LogP contribution in [0.1, 0.15) is 13.8 Å². The summed E-state index contributed by atoms with van der Waals surface area (Å²) in [5, 5.41) is 10.2. The fraction of sp³-hybridized carbons (Fsp3) is 0.235. The van der Waals surface area contributed by atoms with Crippen molar-refractivity contribution in [2.24, 2.45) is 0 Å². The molecule has 1 aromatic carbocycles. The van der Waals surface area contributed by atoms with Gasteiger partial charge in [0.2, 0.25) is 0 Å². The number of cyclic esters (lactones) is 2. The van der Waals surface area contributed by atoms with E-state index in [-0.39, 0.29) is 5.57 Å². The molecule has 2 rings (SSSR count). The Hall–Kier alpha value is -3.09. The number of benzene rings is 1. The zero-order valence-electron chi connectivity index (χ0n) is 13.7. The third-order valence-corrected chi connectivity index (χ3v) is 3.74. The predicted molar refractivity (Wildman–Crippen MR) is 85.5 cm³/mol. The van der Waals surface area contributed by atoms with Crippen LogP contribution in [0.3, 0.4) is 0 Å². The fourth-order valence-corrected chi connectivity index (χ4v) is 2.30. The Morgan fingerprint density at radius 1 is 1.12 bits per heavy atom. The highest BCUT2D eigenvalue weighted by Gasteiger charge is 2.36. The molecule has 0 saturated carbocycles. The lowest BCUT2D eigenvalue weighted by Gasteiger charge is -2.25. The van der Waals surface area contributed by atoms with Gasteiger partial charge in [0, 0.05) is 18.4 Å². The number of hydrogen-bond donors (Lipinski definition) is 1. The summed E-state index contributed by atoms with van der Waals surface area (Å²) in [6, 6.07) is 7.00. The van der Waals surface area contributed by atoms with E-state index in [2.05, 4.69) is 4.74 Å². The van der Waals surface area contributed by atoms with E-state index in [1.165, 1.54) is 0 Å². The number of hydrogen-bond acceptors (Lipinski definition) is 7. The van der Waals surface area contributed by atoms with Crippen molar-refractivity contribution >= 4 is 23.4 Å². The van der Waals surface area contributed by atoms with Gasteiger partial charge in [0.15, 0.2) is 5.78 Å². The number of methoxy groups -OCH3 is 1. The average Bonchev–Trinajstić information content (AvgIpc) is 2.53. The molecular weight excluding hydrogens is 314 g/mol. The maximum Gasteiger partial charge on any atom is 0.353 e. The summed E-state index contributed by atoms with van der Waals surface area (Å²) in [6.07, 6.45) is 0. The topological polar surface area (TPSA) is 93.1 Å². The quantitative estimate of drug-likeness (QED) is 0.390. The van der Waals surface area contributed by atoms with Crippen LogP contribution < -0.4 is 9.64 Å². The minimum absolute atomic E-state index is 0.224. The average molecular weight is 331 g/mol. The molecule has 1 aliphatic heterocycles. The first-order valence-electron chi connectivity index (χ1n) is 7.07. The molecule has 0 aromatic heterocycles. The third-order valence-electron chi connectivity index (χ3n) is 3.74. The molecule has 1 aliphatic rings.